The van der Waals surface area contributed by atoms with Crippen molar-refractivity contribution in [3.05, 3.63) is 35.5 Å². The van der Waals surface area contributed by atoms with E-state index >= 15 is 0 Å². The number of nitrogens with one attached hydrogen (secondary N) is 1. The predicted molar refractivity (Wildman–Crippen MR) is 93.9 cm³/mol. The van der Waals surface area contributed by atoms with E-state index in [1.54, 1.807) is 6.33 Å². The third-order valence-corrected chi connectivity index (χ3v) is 5.22. The number of fused-ring (bicyclic) bond motifs is 1. The van der Waals surface area contributed by atoms with Gasteiger partial charge >= 0.3 is 0 Å². The van der Waals surface area contributed by atoms with E-state index in [2.05, 4.69) is 38.4 Å². The minimum Gasteiger partial charge on any atom is -0.367 e. The van der Waals surface area contributed by atoms with Crippen LogP contribution in [0.15, 0.2) is 18.7 Å². The quantitative estimate of drug-likeness (QED) is 0.913. The minimum atomic E-state index is 0.527. The molecule has 6 nitrogen and oxygen atoms in total. The molecule has 0 aromatic carbocycles. The summed E-state index contributed by atoms with van der Waals surface area (Å²) >= 11 is 0. The van der Waals surface area contributed by atoms with Gasteiger partial charge < -0.3 is 5.32 Å². The topological polar surface area (TPSA) is 58.9 Å². The molecule has 128 valence electrons. The molecule has 0 spiro atoms. The Labute approximate surface area is 143 Å². The maximum Gasteiger partial charge on any atom is 0.133 e. The number of aromatic nitrogens is 4. The first-order valence-corrected chi connectivity index (χ1v) is 9.15. The fraction of sp³-hybridized carbons (Fsp3) is 0.611. The monoisotopic (exact) mass is 326 g/mol. The van der Waals surface area contributed by atoms with Gasteiger partial charge in [0.25, 0.3) is 0 Å². The van der Waals surface area contributed by atoms with Gasteiger partial charge in [0.1, 0.15) is 12.1 Å². The standard InChI is InChI=1S/C18H26N6/c1-2-24-12-14(10-21-24)11-23-8-6-15(7-9-23)22-18-16-4-3-5-17(16)19-13-20-18/h10,12-13,15H,2-9,11H2,1H3,(H,19,20,22). The number of hydrogen-bond donors (Lipinski definition) is 1. The summed E-state index contributed by atoms with van der Waals surface area (Å²) < 4.78 is 2.00. The van der Waals surface area contributed by atoms with Crippen LogP contribution in [0.25, 0.3) is 0 Å². The van der Waals surface area contributed by atoms with Crippen molar-refractivity contribution in [1.29, 1.82) is 0 Å². The molecule has 0 radical (unpaired) electrons. The minimum absolute atomic E-state index is 0.527. The lowest BCUT2D eigenvalue weighted by Crippen LogP contribution is -2.38. The molecular weight excluding hydrogens is 300 g/mol. The van der Waals surface area contributed by atoms with E-state index in [4.69, 9.17) is 0 Å². The third kappa shape index (κ3) is 3.29. The molecule has 2 aromatic rings. The summed E-state index contributed by atoms with van der Waals surface area (Å²) in [6, 6.07) is 0.527. The van der Waals surface area contributed by atoms with Crippen molar-refractivity contribution in [2.75, 3.05) is 18.4 Å². The Kier molecular flexibility index (Phi) is 4.47. The van der Waals surface area contributed by atoms with E-state index in [1.807, 2.05) is 10.9 Å². The Morgan fingerprint density at radius 2 is 2.08 bits per heavy atom. The van der Waals surface area contributed by atoms with Crippen LogP contribution < -0.4 is 5.32 Å². The molecule has 0 saturated carbocycles. The van der Waals surface area contributed by atoms with E-state index in [9.17, 15) is 0 Å². The average molecular weight is 326 g/mol. The van der Waals surface area contributed by atoms with Gasteiger partial charge in [-0.3, -0.25) is 9.58 Å². The maximum atomic E-state index is 4.50. The van der Waals surface area contributed by atoms with Gasteiger partial charge in [-0.25, -0.2) is 9.97 Å². The van der Waals surface area contributed by atoms with Crippen LogP contribution in [-0.4, -0.2) is 43.8 Å². The number of piperidine rings is 1. The number of aryl methyl sites for hydroxylation is 2. The van der Waals surface area contributed by atoms with Gasteiger partial charge in [0, 0.05) is 55.2 Å². The van der Waals surface area contributed by atoms with Gasteiger partial charge in [0.2, 0.25) is 0 Å². The Morgan fingerprint density at radius 3 is 2.88 bits per heavy atom. The Bertz CT molecular complexity index is 687. The molecule has 3 heterocycles. The van der Waals surface area contributed by atoms with Crippen LogP contribution in [-0.2, 0) is 25.9 Å². The van der Waals surface area contributed by atoms with E-state index in [-0.39, 0.29) is 0 Å². The molecule has 1 N–H and O–H groups in total. The van der Waals surface area contributed by atoms with E-state index < -0.39 is 0 Å². The zero-order chi connectivity index (χ0) is 16.4. The van der Waals surface area contributed by atoms with Crippen LogP contribution in [0.1, 0.15) is 43.0 Å². The summed E-state index contributed by atoms with van der Waals surface area (Å²) in [5.41, 5.74) is 3.92. The smallest absolute Gasteiger partial charge is 0.133 e. The largest absolute Gasteiger partial charge is 0.367 e. The summed E-state index contributed by atoms with van der Waals surface area (Å²) in [7, 11) is 0. The van der Waals surface area contributed by atoms with Gasteiger partial charge in [0.15, 0.2) is 0 Å². The molecule has 0 atom stereocenters. The van der Waals surface area contributed by atoms with Gasteiger partial charge in [0.05, 0.1) is 6.20 Å². The van der Waals surface area contributed by atoms with Crippen molar-refractivity contribution in [3.8, 4) is 0 Å². The van der Waals surface area contributed by atoms with Crippen molar-refractivity contribution in [3.63, 3.8) is 0 Å². The molecule has 0 unspecified atom stereocenters. The SMILES string of the molecule is CCn1cc(CN2CCC(Nc3ncnc4c3CCC4)CC2)cn1. The number of hydrogen-bond acceptors (Lipinski definition) is 5. The Morgan fingerprint density at radius 1 is 1.21 bits per heavy atom. The van der Waals surface area contributed by atoms with Crippen LogP contribution >= 0.6 is 0 Å². The highest BCUT2D eigenvalue weighted by Gasteiger charge is 2.23. The molecule has 6 heteroatoms. The van der Waals surface area contributed by atoms with Gasteiger partial charge in [-0.2, -0.15) is 5.10 Å². The fourth-order valence-corrected chi connectivity index (χ4v) is 3.83. The molecule has 1 fully saturated rings. The lowest BCUT2D eigenvalue weighted by Gasteiger charge is -2.32. The lowest BCUT2D eigenvalue weighted by atomic mass is 10.0. The number of rotatable bonds is 5. The van der Waals surface area contributed by atoms with Crippen molar-refractivity contribution in [2.24, 2.45) is 0 Å². The Balaban J connectivity index is 1.31. The van der Waals surface area contributed by atoms with Crippen LogP contribution in [0.5, 0.6) is 0 Å². The molecule has 0 bridgehead atoms. The van der Waals surface area contributed by atoms with Crippen LogP contribution in [0.4, 0.5) is 5.82 Å². The summed E-state index contributed by atoms with van der Waals surface area (Å²) in [5, 5.41) is 8.05. The predicted octanol–water partition coefficient (Wildman–Crippen LogP) is 2.26. The second-order valence-corrected chi connectivity index (χ2v) is 6.90. The molecule has 0 amide bonds. The summed E-state index contributed by atoms with van der Waals surface area (Å²) in [6.45, 7) is 6.33. The molecule has 2 aliphatic rings. The van der Waals surface area contributed by atoms with Crippen LogP contribution in [0.2, 0.25) is 0 Å². The zero-order valence-electron chi connectivity index (χ0n) is 14.4. The van der Waals surface area contributed by atoms with Crippen molar-refractivity contribution in [1.82, 2.24) is 24.6 Å². The first kappa shape index (κ1) is 15.6. The van der Waals surface area contributed by atoms with E-state index in [1.165, 1.54) is 36.1 Å². The molecule has 2 aromatic heterocycles. The van der Waals surface area contributed by atoms with E-state index in [0.717, 1.165) is 44.8 Å². The Hall–Kier alpha value is -1.95. The number of anilines is 1. The highest BCUT2D eigenvalue weighted by molar-refractivity contribution is 5.48. The molecule has 4 rings (SSSR count). The second kappa shape index (κ2) is 6.89. The number of likely N-dealkylation sites (tertiary alicyclic amines) is 1. The van der Waals surface area contributed by atoms with Gasteiger partial charge in [-0.1, -0.05) is 0 Å². The third-order valence-electron chi connectivity index (χ3n) is 5.22. The molecule has 1 saturated heterocycles. The molecule has 1 aliphatic heterocycles. The normalized spacial score (nSPS) is 18.7. The highest BCUT2D eigenvalue weighted by Crippen LogP contribution is 2.27. The van der Waals surface area contributed by atoms with Crippen LogP contribution in [0, 0.1) is 0 Å². The van der Waals surface area contributed by atoms with Gasteiger partial charge in [-0.05, 0) is 39.0 Å². The average Bonchev–Trinajstić information content (AvgIpc) is 3.26. The first-order chi connectivity index (χ1) is 11.8. The summed E-state index contributed by atoms with van der Waals surface area (Å²) in [6.07, 6.45) is 11.7. The lowest BCUT2D eigenvalue weighted by molar-refractivity contribution is 0.211. The van der Waals surface area contributed by atoms with E-state index in [0.29, 0.717) is 6.04 Å². The zero-order valence-corrected chi connectivity index (χ0v) is 14.4. The molecule has 1 aliphatic carbocycles. The fourth-order valence-electron chi connectivity index (χ4n) is 3.83. The second-order valence-electron chi connectivity index (χ2n) is 6.90. The maximum absolute atomic E-state index is 4.50. The molecule has 24 heavy (non-hydrogen) atoms. The van der Waals surface area contributed by atoms with Crippen molar-refractivity contribution in [2.45, 2.75) is 58.2 Å². The first-order valence-electron chi connectivity index (χ1n) is 9.15. The summed E-state index contributed by atoms with van der Waals surface area (Å²) in [5.74, 6) is 1.08. The van der Waals surface area contributed by atoms with Crippen molar-refractivity contribution < 1.29 is 0 Å². The molecular formula is C18H26N6. The number of nitrogens with zero attached hydrogens (tertiary/aromatic N) is 5. The highest BCUT2D eigenvalue weighted by atomic mass is 15.3. The van der Waals surface area contributed by atoms with Gasteiger partial charge in [-0.15, -0.1) is 0 Å². The summed E-state index contributed by atoms with van der Waals surface area (Å²) in [4.78, 5) is 11.4. The van der Waals surface area contributed by atoms with Crippen LogP contribution in [0.3, 0.4) is 0 Å². The van der Waals surface area contributed by atoms with Crippen molar-refractivity contribution >= 4 is 5.82 Å².